The van der Waals surface area contributed by atoms with E-state index >= 15 is 0 Å². The van der Waals surface area contributed by atoms with Gasteiger partial charge in [0.1, 0.15) is 17.5 Å². The summed E-state index contributed by atoms with van der Waals surface area (Å²) in [6.45, 7) is -0.0579. The molecule has 2 aromatic rings. The number of para-hydroxylation sites is 1. The van der Waals surface area contributed by atoms with Crippen molar-refractivity contribution >= 4 is 34.9 Å². The number of benzene rings is 2. The van der Waals surface area contributed by atoms with Crippen molar-refractivity contribution < 1.29 is 8.78 Å². The summed E-state index contributed by atoms with van der Waals surface area (Å²) in [6.07, 6.45) is 2.94. The van der Waals surface area contributed by atoms with Crippen molar-refractivity contribution in [1.29, 1.82) is 0 Å². The van der Waals surface area contributed by atoms with E-state index in [1.807, 2.05) is 30.0 Å². The molecule has 0 aromatic heterocycles. The third kappa shape index (κ3) is 3.23. The highest BCUT2D eigenvalue weighted by atomic mass is 35.5. The molecule has 2 heterocycles. The Bertz CT molecular complexity index is 863. The molecule has 1 N–H and O–H groups in total. The summed E-state index contributed by atoms with van der Waals surface area (Å²) in [5.41, 5.74) is 2.15. The van der Waals surface area contributed by atoms with Crippen molar-refractivity contribution in [2.45, 2.75) is 25.8 Å². The molecule has 1 fully saturated rings. The highest BCUT2D eigenvalue weighted by Crippen LogP contribution is 2.44. The van der Waals surface area contributed by atoms with Gasteiger partial charge in [-0.2, -0.15) is 11.8 Å². The van der Waals surface area contributed by atoms with Crippen LogP contribution in [0.25, 0.3) is 0 Å². The molecule has 0 aliphatic carbocycles. The molecule has 2 aromatic carbocycles. The van der Waals surface area contributed by atoms with Crippen LogP contribution < -0.4 is 5.32 Å². The van der Waals surface area contributed by atoms with Crippen LogP contribution in [-0.4, -0.2) is 17.3 Å². The third-order valence-electron chi connectivity index (χ3n) is 5.29. The number of amidine groups is 1. The van der Waals surface area contributed by atoms with Crippen molar-refractivity contribution in [3.63, 3.8) is 0 Å². The first kappa shape index (κ1) is 17.8. The Morgan fingerprint density at radius 3 is 2.69 bits per heavy atom. The maximum absolute atomic E-state index is 14.2. The lowest BCUT2D eigenvalue weighted by molar-refractivity contribution is 0.377. The zero-order valence-corrected chi connectivity index (χ0v) is 15.8. The molecule has 1 spiro atoms. The summed E-state index contributed by atoms with van der Waals surface area (Å²) in [6, 6.07) is 10.6. The van der Waals surface area contributed by atoms with Gasteiger partial charge in [0.05, 0.1) is 11.6 Å². The van der Waals surface area contributed by atoms with Gasteiger partial charge in [0.25, 0.3) is 0 Å². The molecule has 136 valence electrons. The third-order valence-corrected chi connectivity index (χ3v) is 6.56. The predicted octanol–water partition coefficient (Wildman–Crippen LogP) is 5.70. The minimum Gasteiger partial charge on any atom is -0.343 e. The highest BCUT2D eigenvalue weighted by Gasteiger charge is 2.41. The Labute approximate surface area is 161 Å². The van der Waals surface area contributed by atoms with Crippen molar-refractivity contribution in [1.82, 2.24) is 0 Å². The molecule has 4 rings (SSSR count). The highest BCUT2D eigenvalue weighted by molar-refractivity contribution is 7.99. The smallest absolute Gasteiger partial charge is 0.149 e. The van der Waals surface area contributed by atoms with Crippen LogP contribution in [0.2, 0.25) is 5.02 Å². The second-order valence-corrected chi connectivity index (χ2v) is 8.47. The van der Waals surface area contributed by atoms with Gasteiger partial charge in [0.2, 0.25) is 0 Å². The SMILES string of the molecule is Fc1ccc(Cl)c(F)c1CN=C1Nc2ccccc2CC12CCSCC2. The summed E-state index contributed by atoms with van der Waals surface area (Å²) in [4.78, 5) is 4.65. The Morgan fingerprint density at radius 1 is 1.12 bits per heavy atom. The monoisotopic (exact) mass is 392 g/mol. The number of hydrogen-bond donors (Lipinski definition) is 1. The van der Waals surface area contributed by atoms with E-state index in [9.17, 15) is 8.78 Å². The van der Waals surface area contributed by atoms with E-state index in [2.05, 4.69) is 16.4 Å². The fourth-order valence-electron chi connectivity index (χ4n) is 3.76. The van der Waals surface area contributed by atoms with Crippen LogP contribution in [0, 0.1) is 17.0 Å². The largest absolute Gasteiger partial charge is 0.343 e. The predicted molar refractivity (Wildman–Crippen MR) is 105 cm³/mol. The van der Waals surface area contributed by atoms with Crippen LogP contribution in [-0.2, 0) is 13.0 Å². The first-order chi connectivity index (χ1) is 12.6. The summed E-state index contributed by atoms with van der Waals surface area (Å²) in [7, 11) is 0. The standard InChI is InChI=1S/C20H19ClF2N2S/c21-15-5-6-16(22)14(18(15)23)12-24-19-20(7-9-26-10-8-20)11-13-3-1-2-4-17(13)25-19/h1-6H,7-12H2,(H,24,25). The fourth-order valence-corrected chi connectivity index (χ4v) is 5.21. The average Bonchev–Trinajstić information content (AvgIpc) is 2.66. The van der Waals surface area contributed by atoms with Gasteiger partial charge in [-0.1, -0.05) is 29.8 Å². The molecule has 0 saturated carbocycles. The summed E-state index contributed by atoms with van der Waals surface area (Å²) in [5.74, 6) is 1.65. The van der Waals surface area contributed by atoms with Crippen molar-refractivity contribution in [3.8, 4) is 0 Å². The Kier molecular flexibility index (Phi) is 4.93. The van der Waals surface area contributed by atoms with Crippen LogP contribution >= 0.6 is 23.4 Å². The minimum atomic E-state index is -0.722. The number of hydrogen-bond acceptors (Lipinski definition) is 2. The molecular weight excluding hydrogens is 374 g/mol. The normalized spacial score (nSPS) is 20.0. The number of rotatable bonds is 2. The Morgan fingerprint density at radius 2 is 1.88 bits per heavy atom. The number of anilines is 1. The quantitative estimate of drug-likeness (QED) is 0.663. The van der Waals surface area contributed by atoms with E-state index in [-0.39, 0.29) is 22.5 Å². The molecule has 2 aliphatic rings. The minimum absolute atomic E-state index is 0.0579. The van der Waals surface area contributed by atoms with E-state index in [0.29, 0.717) is 0 Å². The Balaban J connectivity index is 1.71. The topological polar surface area (TPSA) is 24.4 Å². The number of nitrogens with one attached hydrogen (secondary N) is 1. The van der Waals surface area contributed by atoms with Crippen molar-refractivity contribution in [2.75, 3.05) is 16.8 Å². The Hall–Kier alpha value is -1.59. The molecule has 1 saturated heterocycles. The molecule has 0 atom stereocenters. The van der Waals surface area contributed by atoms with Gasteiger partial charge in [0, 0.05) is 16.7 Å². The van der Waals surface area contributed by atoms with E-state index in [1.165, 1.54) is 17.7 Å². The first-order valence-electron chi connectivity index (χ1n) is 8.69. The maximum Gasteiger partial charge on any atom is 0.149 e. The number of halogens is 3. The summed E-state index contributed by atoms with van der Waals surface area (Å²) in [5, 5.41) is 3.37. The molecule has 2 nitrogen and oxygen atoms in total. The molecule has 0 bridgehead atoms. The van der Waals surface area contributed by atoms with Gasteiger partial charge in [-0.3, -0.25) is 4.99 Å². The maximum atomic E-state index is 14.2. The van der Waals surface area contributed by atoms with Crippen LogP contribution in [0.1, 0.15) is 24.0 Å². The van der Waals surface area contributed by atoms with Gasteiger partial charge in [0.15, 0.2) is 0 Å². The molecule has 2 aliphatic heterocycles. The van der Waals surface area contributed by atoms with Crippen LogP contribution in [0.5, 0.6) is 0 Å². The van der Waals surface area contributed by atoms with Crippen LogP contribution in [0.15, 0.2) is 41.4 Å². The lowest BCUT2D eigenvalue weighted by Gasteiger charge is -2.42. The average molecular weight is 393 g/mol. The lowest BCUT2D eigenvalue weighted by Crippen LogP contribution is -2.44. The van der Waals surface area contributed by atoms with Gasteiger partial charge in [-0.25, -0.2) is 8.78 Å². The molecule has 0 unspecified atom stereocenters. The van der Waals surface area contributed by atoms with Gasteiger partial charge in [-0.15, -0.1) is 0 Å². The fraction of sp³-hybridized carbons (Fsp3) is 0.350. The van der Waals surface area contributed by atoms with Gasteiger partial charge < -0.3 is 5.32 Å². The van der Waals surface area contributed by atoms with Crippen molar-refractivity contribution in [2.24, 2.45) is 10.4 Å². The van der Waals surface area contributed by atoms with E-state index in [4.69, 9.17) is 11.6 Å². The van der Waals surface area contributed by atoms with Gasteiger partial charge in [-0.05, 0) is 54.5 Å². The summed E-state index contributed by atoms with van der Waals surface area (Å²) >= 11 is 7.75. The van der Waals surface area contributed by atoms with Gasteiger partial charge >= 0.3 is 0 Å². The molecule has 6 heteroatoms. The second-order valence-electron chi connectivity index (χ2n) is 6.84. The number of nitrogens with zero attached hydrogens (tertiary/aromatic N) is 1. The zero-order valence-electron chi connectivity index (χ0n) is 14.2. The van der Waals surface area contributed by atoms with E-state index < -0.39 is 11.6 Å². The lowest BCUT2D eigenvalue weighted by atomic mass is 9.73. The molecular formula is C20H19ClF2N2S. The molecule has 26 heavy (non-hydrogen) atoms. The van der Waals surface area contributed by atoms with Crippen LogP contribution in [0.3, 0.4) is 0 Å². The second kappa shape index (κ2) is 7.20. The molecule has 0 radical (unpaired) electrons. The van der Waals surface area contributed by atoms with Crippen LogP contribution in [0.4, 0.5) is 14.5 Å². The van der Waals surface area contributed by atoms with E-state index in [0.717, 1.165) is 42.3 Å². The summed E-state index contributed by atoms with van der Waals surface area (Å²) < 4.78 is 28.3. The number of thioether (sulfide) groups is 1. The van der Waals surface area contributed by atoms with Crippen molar-refractivity contribution in [3.05, 3.63) is 64.2 Å². The molecule has 0 amide bonds. The zero-order chi connectivity index (χ0) is 18.1. The number of fused-ring (bicyclic) bond motifs is 1. The first-order valence-corrected chi connectivity index (χ1v) is 10.2. The number of aliphatic imine (C=N–C) groups is 1. The van der Waals surface area contributed by atoms with E-state index in [1.54, 1.807) is 0 Å².